The van der Waals surface area contributed by atoms with Crippen LogP contribution in [0.3, 0.4) is 0 Å². The summed E-state index contributed by atoms with van der Waals surface area (Å²) in [5, 5.41) is 0. The first kappa shape index (κ1) is 12.9. The van der Waals surface area contributed by atoms with Gasteiger partial charge in [0.1, 0.15) is 5.75 Å². The monoisotopic (exact) mass is 221 g/mol. The van der Waals surface area contributed by atoms with E-state index in [0.29, 0.717) is 18.4 Å². The van der Waals surface area contributed by atoms with Crippen molar-refractivity contribution in [3.05, 3.63) is 23.8 Å². The predicted octanol–water partition coefficient (Wildman–Crippen LogP) is 3.82. The van der Waals surface area contributed by atoms with Gasteiger partial charge in [0.05, 0.1) is 12.3 Å². The Balaban J connectivity index is 2.75. The SMILES string of the molecule is CCC(C)c1ccc(OCC(C)C)c(N)c1. The Morgan fingerprint density at radius 1 is 1.25 bits per heavy atom. The molecule has 1 atom stereocenters. The zero-order valence-electron chi connectivity index (χ0n) is 10.8. The molecular weight excluding hydrogens is 198 g/mol. The van der Waals surface area contributed by atoms with Gasteiger partial charge >= 0.3 is 0 Å². The van der Waals surface area contributed by atoms with Gasteiger partial charge in [0.2, 0.25) is 0 Å². The van der Waals surface area contributed by atoms with E-state index in [1.807, 2.05) is 12.1 Å². The summed E-state index contributed by atoms with van der Waals surface area (Å²) in [6, 6.07) is 6.13. The lowest BCUT2D eigenvalue weighted by Crippen LogP contribution is -2.06. The molecule has 0 aliphatic carbocycles. The molecule has 90 valence electrons. The second-order valence-corrected chi connectivity index (χ2v) is 4.81. The number of nitrogens with two attached hydrogens (primary N) is 1. The molecule has 16 heavy (non-hydrogen) atoms. The molecular formula is C14H23NO. The van der Waals surface area contributed by atoms with Crippen LogP contribution in [0.4, 0.5) is 5.69 Å². The fourth-order valence-electron chi connectivity index (χ4n) is 1.50. The third-order valence-corrected chi connectivity index (χ3v) is 2.79. The maximum atomic E-state index is 5.98. The van der Waals surface area contributed by atoms with Crippen LogP contribution in [0.5, 0.6) is 5.75 Å². The molecule has 1 rings (SSSR count). The maximum Gasteiger partial charge on any atom is 0.142 e. The van der Waals surface area contributed by atoms with Crippen LogP contribution in [0.25, 0.3) is 0 Å². The Labute approximate surface area is 98.8 Å². The molecule has 1 aromatic rings. The van der Waals surface area contributed by atoms with Gasteiger partial charge in [0.15, 0.2) is 0 Å². The van der Waals surface area contributed by atoms with Gasteiger partial charge < -0.3 is 10.5 Å². The Morgan fingerprint density at radius 2 is 1.94 bits per heavy atom. The molecule has 0 fully saturated rings. The van der Waals surface area contributed by atoms with Crippen molar-refractivity contribution in [3.8, 4) is 5.75 Å². The number of hydrogen-bond acceptors (Lipinski definition) is 2. The van der Waals surface area contributed by atoms with Gasteiger partial charge in [-0.1, -0.05) is 33.8 Å². The topological polar surface area (TPSA) is 35.2 Å². The first-order valence-corrected chi connectivity index (χ1v) is 6.06. The molecule has 0 heterocycles. The average molecular weight is 221 g/mol. The smallest absolute Gasteiger partial charge is 0.142 e. The number of nitrogen functional groups attached to an aromatic ring is 1. The summed E-state index contributed by atoms with van der Waals surface area (Å²) in [5.41, 5.74) is 8.01. The van der Waals surface area contributed by atoms with Crippen LogP contribution in [-0.2, 0) is 0 Å². The quantitative estimate of drug-likeness (QED) is 0.767. The van der Waals surface area contributed by atoms with Crippen molar-refractivity contribution in [2.75, 3.05) is 12.3 Å². The van der Waals surface area contributed by atoms with E-state index in [-0.39, 0.29) is 0 Å². The molecule has 2 nitrogen and oxygen atoms in total. The summed E-state index contributed by atoms with van der Waals surface area (Å²) in [6.07, 6.45) is 1.13. The third-order valence-electron chi connectivity index (χ3n) is 2.79. The minimum atomic E-state index is 0.522. The van der Waals surface area contributed by atoms with Gasteiger partial charge in [0, 0.05) is 0 Å². The summed E-state index contributed by atoms with van der Waals surface area (Å²) < 4.78 is 5.64. The van der Waals surface area contributed by atoms with E-state index in [1.54, 1.807) is 0 Å². The van der Waals surface area contributed by atoms with Crippen LogP contribution < -0.4 is 10.5 Å². The first-order valence-electron chi connectivity index (χ1n) is 6.06. The van der Waals surface area contributed by atoms with E-state index in [4.69, 9.17) is 10.5 Å². The summed E-state index contributed by atoms with van der Waals surface area (Å²) in [7, 11) is 0. The Morgan fingerprint density at radius 3 is 2.44 bits per heavy atom. The van der Waals surface area contributed by atoms with E-state index in [2.05, 4.69) is 33.8 Å². The number of hydrogen-bond donors (Lipinski definition) is 1. The van der Waals surface area contributed by atoms with Crippen LogP contribution in [0.2, 0.25) is 0 Å². The van der Waals surface area contributed by atoms with Crippen molar-refractivity contribution in [3.63, 3.8) is 0 Å². The molecule has 2 N–H and O–H groups in total. The lowest BCUT2D eigenvalue weighted by Gasteiger charge is -2.14. The summed E-state index contributed by atoms with van der Waals surface area (Å²) in [6.45, 7) is 9.37. The second kappa shape index (κ2) is 5.78. The molecule has 0 aliphatic rings. The number of ether oxygens (including phenoxy) is 1. The molecule has 0 amide bonds. The van der Waals surface area contributed by atoms with E-state index >= 15 is 0 Å². The lowest BCUT2D eigenvalue weighted by molar-refractivity contribution is 0.272. The molecule has 0 radical (unpaired) electrons. The third kappa shape index (κ3) is 3.44. The van der Waals surface area contributed by atoms with Gasteiger partial charge in [-0.25, -0.2) is 0 Å². The highest BCUT2D eigenvalue weighted by atomic mass is 16.5. The van der Waals surface area contributed by atoms with E-state index in [0.717, 1.165) is 17.9 Å². The minimum absolute atomic E-state index is 0.522. The first-order chi connectivity index (χ1) is 7.54. The van der Waals surface area contributed by atoms with E-state index in [9.17, 15) is 0 Å². The fourth-order valence-corrected chi connectivity index (χ4v) is 1.50. The lowest BCUT2D eigenvalue weighted by atomic mass is 9.98. The maximum absolute atomic E-state index is 5.98. The predicted molar refractivity (Wildman–Crippen MR) is 69.9 cm³/mol. The van der Waals surface area contributed by atoms with Crippen molar-refractivity contribution in [1.29, 1.82) is 0 Å². The molecule has 0 bridgehead atoms. The zero-order chi connectivity index (χ0) is 12.1. The van der Waals surface area contributed by atoms with Crippen LogP contribution in [-0.4, -0.2) is 6.61 Å². The van der Waals surface area contributed by atoms with Crippen LogP contribution in [0.1, 0.15) is 45.6 Å². The standard InChI is InChI=1S/C14H23NO/c1-5-11(4)12-6-7-14(13(15)8-12)16-9-10(2)3/h6-8,10-11H,5,9,15H2,1-4H3. The van der Waals surface area contributed by atoms with Gasteiger partial charge in [-0.2, -0.15) is 0 Å². The molecule has 0 aromatic heterocycles. The van der Waals surface area contributed by atoms with Crippen molar-refractivity contribution in [1.82, 2.24) is 0 Å². The van der Waals surface area contributed by atoms with Crippen LogP contribution in [0.15, 0.2) is 18.2 Å². The summed E-state index contributed by atoms with van der Waals surface area (Å²) in [4.78, 5) is 0. The summed E-state index contributed by atoms with van der Waals surface area (Å²) in [5.74, 6) is 1.89. The number of benzene rings is 1. The zero-order valence-corrected chi connectivity index (χ0v) is 10.8. The normalized spacial score (nSPS) is 12.8. The Kier molecular flexibility index (Phi) is 4.66. The van der Waals surface area contributed by atoms with E-state index < -0.39 is 0 Å². The number of anilines is 1. The summed E-state index contributed by atoms with van der Waals surface area (Å²) >= 11 is 0. The van der Waals surface area contributed by atoms with Crippen molar-refractivity contribution in [2.45, 2.75) is 40.0 Å². The Bertz CT molecular complexity index is 334. The highest BCUT2D eigenvalue weighted by Gasteiger charge is 2.07. The van der Waals surface area contributed by atoms with Crippen molar-refractivity contribution >= 4 is 5.69 Å². The van der Waals surface area contributed by atoms with Gasteiger partial charge in [-0.3, -0.25) is 0 Å². The largest absolute Gasteiger partial charge is 0.491 e. The molecule has 0 aliphatic heterocycles. The van der Waals surface area contributed by atoms with Gasteiger partial charge in [-0.15, -0.1) is 0 Å². The number of rotatable bonds is 5. The molecule has 0 spiro atoms. The molecule has 2 heteroatoms. The molecule has 0 saturated carbocycles. The second-order valence-electron chi connectivity index (χ2n) is 4.81. The highest BCUT2D eigenvalue weighted by Crippen LogP contribution is 2.27. The Hall–Kier alpha value is -1.18. The average Bonchev–Trinajstić information content (AvgIpc) is 2.26. The fraction of sp³-hybridized carbons (Fsp3) is 0.571. The van der Waals surface area contributed by atoms with E-state index in [1.165, 1.54) is 5.56 Å². The molecule has 1 aromatic carbocycles. The molecule has 0 saturated heterocycles. The highest BCUT2D eigenvalue weighted by molar-refractivity contribution is 5.54. The van der Waals surface area contributed by atoms with Crippen molar-refractivity contribution < 1.29 is 4.74 Å². The van der Waals surface area contributed by atoms with Gasteiger partial charge in [-0.05, 0) is 36.0 Å². The molecule has 1 unspecified atom stereocenters. The van der Waals surface area contributed by atoms with Crippen molar-refractivity contribution in [2.24, 2.45) is 5.92 Å². The van der Waals surface area contributed by atoms with Crippen LogP contribution in [0, 0.1) is 5.92 Å². The minimum Gasteiger partial charge on any atom is -0.491 e. The van der Waals surface area contributed by atoms with Crippen LogP contribution >= 0.6 is 0 Å². The van der Waals surface area contributed by atoms with Gasteiger partial charge in [0.25, 0.3) is 0 Å².